The van der Waals surface area contributed by atoms with Crippen molar-refractivity contribution >= 4 is 45.6 Å². The first kappa shape index (κ1) is 26.4. The Hall–Kier alpha value is -4.81. The van der Waals surface area contributed by atoms with Gasteiger partial charge in [0.2, 0.25) is 0 Å². The number of nitrogens with zero attached hydrogens (tertiary/aromatic N) is 3. The van der Waals surface area contributed by atoms with Crippen molar-refractivity contribution in [2.75, 3.05) is 18.6 Å². The number of benzene rings is 2. The minimum atomic E-state index is -0.532. The van der Waals surface area contributed by atoms with Crippen molar-refractivity contribution in [2.45, 2.75) is 20.8 Å². The lowest BCUT2D eigenvalue weighted by Gasteiger charge is -2.03. The molecule has 0 unspecified atom stereocenters. The van der Waals surface area contributed by atoms with Crippen molar-refractivity contribution in [3.63, 3.8) is 0 Å². The summed E-state index contributed by atoms with van der Waals surface area (Å²) in [6.45, 7) is 5.45. The van der Waals surface area contributed by atoms with Gasteiger partial charge in [-0.25, -0.2) is 9.59 Å². The van der Waals surface area contributed by atoms with E-state index in [9.17, 15) is 29.8 Å². The van der Waals surface area contributed by atoms with Crippen molar-refractivity contribution in [3.8, 4) is 0 Å². The number of rotatable bonds is 8. The minimum absolute atomic E-state index is 0.0187. The van der Waals surface area contributed by atoms with E-state index in [4.69, 9.17) is 9.47 Å². The van der Waals surface area contributed by atoms with Gasteiger partial charge in [0.1, 0.15) is 11.4 Å². The van der Waals surface area contributed by atoms with Gasteiger partial charge in [0.25, 0.3) is 11.4 Å². The number of carbonyl (C=O) groups is 2. The normalized spacial score (nSPS) is 10.7. The number of hydrogen-bond acceptors (Lipinski definition) is 10. The van der Waals surface area contributed by atoms with Gasteiger partial charge in [-0.05, 0) is 39.0 Å². The van der Waals surface area contributed by atoms with Gasteiger partial charge in [-0.15, -0.1) is 0 Å². The lowest BCUT2D eigenvalue weighted by Crippen LogP contribution is -2.15. The first-order valence-electron chi connectivity index (χ1n) is 10.3. The fourth-order valence-electron chi connectivity index (χ4n) is 2.67. The van der Waals surface area contributed by atoms with Crippen LogP contribution in [0.1, 0.15) is 31.3 Å². The zero-order chi connectivity index (χ0) is 26.0. The predicted molar refractivity (Wildman–Crippen MR) is 127 cm³/mol. The van der Waals surface area contributed by atoms with E-state index in [1.165, 1.54) is 37.3 Å². The van der Waals surface area contributed by atoms with Gasteiger partial charge in [-0.3, -0.25) is 25.7 Å². The fraction of sp³-hybridized carbons (Fsp3) is 0.227. The van der Waals surface area contributed by atoms with Crippen molar-refractivity contribution < 1.29 is 28.9 Å². The van der Waals surface area contributed by atoms with Gasteiger partial charge in [0.15, 0.2) is 0 Å². The van der Waals surface area contributed by atoms with E-state index in [2.05, 4.69) is 15.5 Å². The lowest BCUT2D eigenvalue weighted by atomic mass is 10.2. The summed E-state index contributed by atoms with van der Waals surface area (Å²) < 4.78 is 9.57. The van der Waals surface area contributed by atoms with Crippen molar-refractivity contribution in [1.82, 2.24) is 4.98 Å². The number of anilines is 1. The molecule has 0 fully saturated rings. The average molecular weight is 485 g/mol. The number of H-pyrrole nitrogens is 1. The smallest absolute Gasteiger partial charge is 0.354 e. The van der Waals surface area contributed by atoms with E-state index in [1.54, 1.807) is 32.0 Å². The lowest BCUT2D eigenvalue weighted by molar-refractivity contribution is -0.384. The van der Waals surface area contributed by atoms with Crippen LogP contribution in [0.15, 0.2) is 53.6 Å². The number of aromatic amines is 1. The van der Waals surface area contributed by atoms with Crippen molar-refractivity contribution in [3.05, 3.63) is 74.5 Å². The first-order valence-corrected chi connectivity index (χ1v) is 10.3. The number of fused-ring (bicyclic) bond motifs is 1. The van der Waals surface area contributed by atoms with E-state index < -0.39 is 21.8 Å². The molecule has 0 saturated carbocycles. The van der Waals surface area contributed by atoms with Crippen LogP contribution in [0.5, 0.6) is 0 Å². The highest BCUT2D eigenvalue weighted by molar-refractivity contribution is 6.35. The molecule has 1 heterocycles. The number of hydrazone groups is 1. The second-order valence-electron chi connectivity index (χ2n) is 6.77. The SMILES string of the molecule is CCOC(=O)C(C)=NNc1cccc([N+](=O)[O-])c1.CCOC(=O)c1cc2ccc([N+](=O)[O-])cc2[nH]1. The van der Waals surface area contributed by atoms with Gasteiger partial charge >= 0.3 is 11.9 Å². The summed E-state index contributed by atoms with van der Waals surface area (Å²) in [6.07, 6.45) is 0. The molecular weight excluding hydrogens is 462 g/mol. The van der Waals surface area contributed by atoms with Gasteiger partial charge in [-0.1, -0.05) is 6.07 Å². The quantitative estimate of drug-likeness (QED) is 0.205. The third kappa shape index (κ3) is 7.63. The van der Waals surface area contributed by atoms with E-state index in [0.717, 1.165) is 5.39 Å². The van der Waals surface area contributed by atoms with Crippen molar-refractivity contribution in [1.29, 1.82) is 0 Å². The maximum Gasteiger partial charge on any atom is 0.354 e. The summed E-state index contributed by atoms with van der Waals surface area (Å²) in [7, 11) is 0. The molecule has 0 amide bonds. The number of non-ortho nitro benzene ring substituents is 2. The van der Waals surface area contributed by atoms with Gasteiger partial charge in [-0.2, -0.15) is 5.10 Å². The highest BCUT2D eigenvalue weighted by Gasteiger charge is 2.13. The summed E-state index contributed by atoms with van der Waals surface area (Å²) in [5.41, 5.74) is 3.89. The van der Waals surface area contributed by atoms with Gasteiger partial charge < -0.3 is 14.5 Å². The number of nitro benzene ring substituents is 2. The highest BCUT2D eigenvalue weighted by atomic mass is 16.6. The second-order valence-corrected chi connectivity index (χ2v) is 6.77. The molecule has 2 aromatic carbocycles. The number of ether oxygens (including phenoxy) is 2. The maximum absolute atomic E-state index is 11.4. The summed E-state index contributed by atoms with van der Waals surface area (Å²) >= 11 is 0. The molecule has 0 atom stereocenters. The Balaban J connectivity index is 0.000000247. The summed E-state index contributed by atoms with van der Waals surface area (Å²) in [4.78, 5) is 45.6. The van der Waals surface area contributed by atoms with Crippen LogP contribution in [0.3, 0.4) is 0 Å². The van der Waals surface area contributed by atoms with Crippen LogP contribution in [0.25, 0.3) is 10.9 Å². The Morgan fingerprint density at radius 3 is 2.26 bits per heavy atom. The number of aromatic nitrogens is 1. The molecule has 13 heteroatoms. The molecule has 3 aromatic rings. The maximum atomic E-state index is 11.4. The van der Waals surface area contributed by atoms with Crippen LogP contribution in [0, 0.1) is 20.2 Å². The zero-order valence-electron chi connectivity index (χ0n) is 19.1. The van der Waals surface area contributed by atoms with E-state index in [1.807, 2.05) is 0 Å². The molecule has 0 bridgehead atoms. The van der Waals surface area contributed by atoms with Crippen LogP contribution in [-0.4, -0.2) is 45.7 Å². The van der Waals surface area contributed by atoms with E-state index in [0.29, 0.717) is 16.9 Å². The largest absolute Gasteiger partial charge is 0.461 e. The van der Waals surface area contributed by atoms with E-state index in [-0.39, 0.29) is 30.3 Å². The molecule has 2 N–H and O–H groups in total. The molecule has 0 spiro atoms. The fourth-order valence-corrected chi connectivity index (χ4v) is 2.67. The van der Waals surface area contributed by atoms with Crippen LogP contribution in [-0.2, 0) is 14.3 Å². The Morgan fingerprint density at radius 2 is 1.63 bits per heavy atom. The summed E-state index contributed by atoms with van der Waals surface area (Å²) in [5.74, 6) is -0.998. The molecule has 0 aliphatic carbocycles. The number of hydrogen-bond donors (Lipinski definition) is 2. The van der Waals surface area contributed by atoms with E-state index >= 15 is 0 Å². The number of esters is 2. The van der Waals surface area contributed by atoms with Gasteiger partial charge in [0.05, 0.1) is 34.3 Å². The Labute approximate surface area is 199 Å². The molecule has 0 aliphatic heterocycles. The monoisotopic (exact) mass is 485 g/mol. The highest BCUT2D eigenvalue weighted by Crippen LogP contribution is 2.21. The van der Waals surface area contributed by atoms with Crippen molar-refractivity contribution in [2.24, 2.45) is 5.10 Å². The number of carbonyl (C=O) groups excluding carboxylic acids is 2. The number of nitrogens with one attached hydrogen (secondary N) is 2. The molecule has 0 aliphatic rings. The molecular formula is C22H23N5O8. The number of nitro groups is 2. The first-order chi connectivity index (χ1) is 16.7. The summed E-state index contributed by atoms with van der Waals surface area (Å²) in [5, 5.41) is 25.7. The standard InChI is InChI=1S/C11H13N3O4.C11H10N2O4/c1-3-18-11(15)8(2)12-13-9-5-4-6-10(7-9)14(16)17;1-2-17-11(14)10-5-7-3-4-8(13(15)16)6-9(7)12-10/h4-7,13H,3H2,1-2H3;3-6,12H,2H2,1H3. The third-order valence-corrected chi connectivity index (χ3v) is 4.29. The molecule has 1 aromatic heterocycles. The van der Waals surface area contributed by atoms with Crippen LogP contribution < -0.4 is 5.43 Å². The van der Waals surface area contributed by atoms with Gasteiger partial charge in [0, 0.05) is 29.7 Å². The van der Waals surface area contributed by atoms with Crippen LogP contribution in [0.4, 0.5) is 17.1 Å². The summed E-state index contributed by atoms with van der Waals surface area (Å²) in [6, 6.07) is 11.8. The molecule has 184 valence electrons. The Kier molecular flexibility index (Phi) is 9.39. The molecule has 3 rings (SSSR count). The molecule has 0 saturated heterocycles. The molecule has 13 nitrogen and oxygen atoms in total. The average Bonchev–Trinajstić information content (AvgIpc) is 3.27. The Bertz CT molecular complexity index is 1270. The van der Waals surface area contributed by atoms with Crippen LogP contribution in [0.2, 0.25) is 0 Å². The molecule has 0 radical (unpaired) electrons. The Morgan fingerprint density at radius 1 is 0.971 bits per heavy atom. The van der Waals surface area contributed by atoms with Crippen LogP contribution >= 0.6 is 0 Å². The predicted octanol–water partition coefficient (Wildman–Crippen LogP) is 4.20. The second kappa shape index (κ2) is 12.4. The zero-order valence-corrected chi connectivity index (χ0v) is 19.1. The molecule has 35 heavy (non-hydrogen) atoms. The minimum Gasteiger partial charge on any atom is -0.461 e. The topological polar surface area (TPSA) is 179 Å². The third-order valence-electron chi connectivity index (χ3n) is 4.29.